The molecule has 2 fully saturated rings. The molecule has 5 rings (SSSR count). The van der Waals surface area contributed by atoms with Crippen molar-refractivity contribution < 1.29 is 0 Å². The third-order valence-electron chi connectivity index (χ3n) is 6.12. The van der Waals surface area contributed by atoms with Gasteiger partial charge in [0.25, 0.3) is 0 Å². The molecule has 24 heavy (non-hydrogen) atoms. The van der Waals surface area contributed by atoms with Crippen LogP contribution in [0.3, 0.4) is 0 Å². The highest BCUT2D eigenvalue weighted by atomic mass is 32.1. The van der Waals surface area contributed by atoms with E-state index in [9.17, 15) is 0 Å². The molecule has 3 nitrogen and oxygen atoms in total. The standard InChI is InChI=1S/C20H25N3S/c1-13-3-5-16(21-10-13)14-4-6-18-17(7-14)22-19(24-18)15-8-20(9-15)11-23(2)12-20/h4,6-7,13,15H,3,5,8-12H2,1-2H3. The van der Waals surface area contributed by atoms with E-state index in [4.69, 9.17) is 9.98 Å². The molecular weight excluding hydrogens is 314 g/mol. The summed E-state index contributed by atoms with van der Waals surface area (Å²) < 4.78 is 1.34. The van der Waals surface area contributed by atoms with Crippen LogP contribution in [0, 0.1) is 11.3 Å². The van der Waals surface area contributed by atoms with Crippen LogP contribution in [0.2, 0.25) is 0 Å². The first-order chi connectivity index (χ1) is 11.6. The van der Waals surface area contributed by atoms with Crippen LogP contribution >= 0.6 is 11.3 Å². The van der Waals surface area contributed by atoms with E-state index in [1.165, 1.54) is 58.9 Å². The summed E-state index contributed by atoms with van der Waals surface area (Å²) in [6.45, 7) is 5.85. The number of thiazole rings is 1. The predicted molar refractivity (Wildman–Crippen MR) is 101 cm³/mol. The second-order valence-corrected chi connectivity index (χ2v) is 9.51. The van der Waals surface area contributed by atoms with Gasteiger partial charge in [0.05, 0.1) is 15.2 Å². The Hall–Kier alpha value is -1.26. The van der Waals surface area contributed by atoms with Crippen LogP contribution in [0.4, 0.5) is 0 Å². The summed E-state index contributed by atoms with van der Waals surface area (Å²) in [6, 6.07) is 6.79. The Morgan fingerprint density at radius 1 is 1.25 bits per heavy atom. The first kappa shape index (κ1) is 15.0. The molecule has 1 atom stereocenters. The molecular formula is C20H25N3S. The molecule has 1 saturated heterocycles. The lowest BCUT2D eigenvalue weighted by atomic mass is 9.58. The highest BCUT2D eigenvalue weighted by Gasteiger charge is 2.52. The number of hydrogen-bond donors (Lipinski definition) is 0. The van der Waals surface area contributed by atoms with Gasteiger partial charge >= 0.3 is 0 Å². The number of hydrogen-bond acceptors (Lipinski definition) is 4. The van der Waals surface area contributed by atoms with Crippen LogP contribution in [0.25, 0.3) is 10.2 Å². The maximum atomic E-state index is 5.00. The Morgan fingerprint density at radius 3 is 2.79 bits per heavy atom. The normalized spacial score (nSPS) is 27.1. The smallest absolute Gasteiger partial charge is 0.0969 e. The zero-order valence-electron chi connectivity index (χ0n) is 14.6. The lowest BCUT2D eigenvalue weighted by Crippen LogP contribution is -2.59. The lowest BCUT2D eigenvalue weighted by Gasteiger charge is -2.58. The SMILES string of the molecule is CC1CCC(c2ccc3sc(C4CC5(C4)CN(C)C5)nc3c2)=NC1. The van der Waals surface area contributed by atoms with Crippen molar-refractivity contribution in [3.8, 4) is 0 Å². The Labute approximate surface area is 147 Å². The quantitative estimate of drug-likeness (QED) is 0.815. The van der Waals surface area contributed by atoms with Crippen molar-refractivity contribution in [1.82, 2.24) is 9.88 Å². The lowest BCUT2D eigenvalue weighted by molar-refractivity contribution is -0.0584. The van der Waals surface area contributed by atoms with Gasteiger partial charge in [-0.05, 0) is 61.8 Å². The van der Waals surface area contributed by atoms with Crippen molar-refractivity contribution in [2.24, 2.45) is 16.3 Å². The minimum atomic E-state index is 0.635. The summed E-state index contributed by atoms with van der Waals surface area (Å²) in [4.78, 5) is 12.2. The number of nitrogens with zero attached hydrogens (tertiary/aromatic N) is 3. The molecule has 0 amide bonds. The molecule has 1 aliphatic carbocycles. The molecule has 2 aromatic rings. The van der Waals surface area contributed by atoms with Gasteiger partial charge in [0.15, 0.2) is 0 Å². The zero-order chi connectivity index (χ0) is 16.3. The summed E-state index contributed by atoms with van der Waals surface area (Å²) in [5.41, 5.74) is 4.39. The molecule has 0 N–H and O–H groups in total. The largest absolute Gasteiger partial charge is 0.305 e. The van der Waals surface area contributed by atoms with Crippen molar-refractivity contribution in [1.29, 1.82) is 0 Å². The van der Waals surface area contributed by atoms with E-state index in [2.05, 4.69) is 37.1 Å². The molecule has 1 saturated carbocycles. The predicted octanol–water partition coefficient (Wildman–Crippen LogP) is 4.32. The molecule has 1 aromatic heterocycles. The Morgan fingerprint density at radius 2 is 2.08 bits per heavy atom. The summed E-state index contributed by atoms with van der Waals surface area (Å²) >= 11 is 1.91. The van der Waals surface area contributed by atoms with Crippen LogP contribution in [0.1, 0.15) is 49.1 Å². The number of aliphatic imine (C=N–C) groups is 1. The van der Waals surface area contributed by atoms with Gasteiger partial charge in [-0.25, -0.2) is 4.98 Å². The maximum absolute atomic E-state index is 5.00. The van der Waals surface area contributed by atoms with Crippen LogP contribution in [0.15, 0.2) is 23.2 Å². The zero-order valence-corrected chi connectivity index (χ0v) is 15.4. The van der Waals surface area contributed by atoms with E-state index in [0.29, 0.717) is 11.3 Å². The molecule has 2 aliphatic heterocycles. The topological polar surface area (TPSA) is 28.5 Å². The molecule has 0 radical (unpaired) electrons. The fourth-order valence-electron chi connectivity index (χ4n) is 4.87. The molecule has 1 unspecified atom stereocenters. The summed E-state index contributed by atoms with van der Waals surface area (Å²) in [5.74, 6) is 1.44. The molecule has 3 aliphatic rings. The number of benzene rings is 1. The minimum absolute atomic E-state index is 0.635. The molecule has 0 bridgehead atoms. The van der Waals surface area contributed by atoms with Crippen molar-refractivity contribution in [3.63, 3.8) is 0 Å². The summed E-state index contributed by atoms with van der Waals surface area (Å²) in [7, 11) is 2.23. The fourth-order valence-corrected chi connectivity index (χ4v) is 5.92. The van der Waals surface area contributed by atoms with E-state index in [-0.39, 0.29) is 0 Å². The van der Waals surface area contributed by atoms with E-state index < -0.39 is 0 Å². The second kappa shape index (κ2) is 5.37. The minimum Gasteiger partial charge on any atom is -0.305 e. The maximum Gasteiger partial charge on any atom is 0.0969 e. The fraction of sp³-hybridized carbons (Fsp3) is 0.600. The van der Waals surface area contributed by atoms with Gasteiger partial charge in [0.1, 0.15) is 0 Å². The van der Waals surface area contributed by atoms with Crippen molar-refractivity contribution in [2.75, 3.05) is 26.7 Å². The highest BCUT2D eigenvalue weighted by Crippen LogP contribution is 2.56. The Balaban J connectivity index is 1.37. The number of rotatable bonds is 2. The molecule has 126 valence electrons. The molecule has 1 aromatic carbocycles. The van der Waals surface area contributed by atoms with Crippen LogP contribution in [-0.2, 0) is 0 Å². The van der Waals surface area contributed by atoms with Gasteiger partial charge < -0.3 is 4.90 Å². The Kier molecular flexibility index (Phi) is 3.36. The van der Waals surface area contributed by atoms with Gasteiger partial charge in [-0.3, -0.25) is 4.99 Å². The summed E-state index contributed by atoms with van der Waals surface area (Å²) in [5, 5.41) is 1.36. The monoisotopic (exact) mass is 339 g/mol. The number of aromatic nitrogens is 1. The van der Waals surface area contributed by atoms with Crippen molar-refractivity contribution in [3.05, 3.63) is 28.8 Å². The van der Waals surface area contributed by atoms with Gasteiger partial charge in [0, 0.05) is 31.3 Å². The van der Waals surface area contributed by atoms with Crippen LogP contribution in [-0.4, -0.2) is 42.3 Å². The van der Waals surface area contributed by atoms with Crippen molar-refractivity contribution in [2.45, 2.75) is 38.5 Å². The van der Waals surface area contributed by atoms with E-state index in [1.807, 2.05) is 11.3 Å². The highest BCUT2D eigenvalue weighted by molar-refractivity contribution is 7.18. The second-order valence-electron chi connectivity index (χ2n) is 8.44. The first-order valence-corrected chi connectivity index (χ1v) is 10.0. The van der Waals surface area contributed by atoms with E-state index in [1.54, 1.807) is 0 Å². The molecule has 3 heterocycles. The first-order valence-electron chi connectivity index (χ1n) is 9.23. The average Bonchev–Trinajstić information content (AvgIpc) is 2.92. The van der Waals surface area contributed by atoms with Gasteiger partial charge in [-0.1, -0.05) is 13.0 Å². The molecule has 4 heteroatoms. The average molecular weight is 340 g/mol. The number of likely N-dealkylation sites (tertiary alicyclic amines) is 1. The van der Waals surface area contributed by atoms with E-state index in [0.717, 1.165) is 18.9 Å². The third kappa shape index (κ3) is 2.42. The van der Waals surface area contributed by atoms with Crippen LogP contribution < -0.4 is 0 Å². The molecule has 1 spiro atoms. The summed E-state index contributed by atoms with van der Waals surface area (Å²) in [6.07, 6.45) is 5.06. The Bertz CT molecular complexity index is 807. The van der Waals surface area contributed by atoms with Gasteiger partial charge in [-0.2, -0.15) is 0 Å². The number of fused-ring (bicyclic) bond motifs is 1. The van der Waals surface area contributed by atoms with Crippen LogP contribution in [0.5, 0.6) is 0 Å². The van der Waals surface area contributed by atoms with Gasteiger partial charge in [-0.15, -0.1) is 11.3 Å². The van der Waals surface area contributed by atoms with Gasteiger partial charge in [0.2, 0.25) is 0 Å². The third-order valence-corrected chi connectivity index (χ3v) is 7.32. The van der Waals surface area contributed by atoms with Crippen molar-refractivity contribution >= 4 is 27.3 Å². The van der Waals surface area contributed by atoms with E-state index >= 15 is 0 Å².